The number of hydrogen-bond acceptors (Lipinski definition) is 8. The Hall–Kier alpha value is -2.58. The van der Waals surface area contributed by atoms with Crippen molar-refractivity contribution >= 4 is 39.9 Å². The molecule has 0 unspecified atom stereocenters. The molecule has 0 amide bonds. The van der Waals surface area contributed by atoms with E-state index in [2.05, 4.69) is 22.4 Å². The fourth-order valence-corrected chi connectivity index (χ4v) is 3.74. The topological polar surface area (TPSA) is 73.3 Å². The molecule has 0 saturated carbocycles. The highest BCUT2D eigenvalue weighted by atomic mass is 32.2. The standard InChI is InChI=1S/C20H21N3O3S2/c1-2-3-13-25-18(24)14-27-20-23-22-19(28-20)21-15-9-11-17(12-10-15)26-16-7-5-4-6-8-16/h4-12H,2-3,13-14H2,1H3,(H,21,22). The molecule has 2 aromatic carbocycles. The Labute approximate surface area is 172 Å². The molecule has 0 bridgehead atoms. The van der Waals surface area contributed by atoms with E-state index in [1.54, 1.807) is 0 Å². The molecule has 0 aliphatic heterocycles. The summed E-state index contributed by atoms with van der Waals surface area (Å²) in [7, 11) is 0. The first kappa shape index (κ1) is 20.2. The predicted molar refractivity (Wildman–Crippen MR) is 113 cm³/mol. The Balaban J connectivity index is 1.47. The molecule has 1 heterocycles. The third-order valence-electron chi connectivity index (χ3n) is 3.57. The number of hydrogen-bond donors (Lipinski definition) is 1. The SMILES string of the molecule is CCCCOC(=O)CSc1nnc(Nc2ccc(Oc3ccccc3)cc2)s1. The minimum absolute atomic E-state index is 0.225. The summed E-state index contributed by atoms with van der Waals surface area (Å²) >= 11 is 2.73. The van der Waals surface area contributed by atoms with E-state index in [1.807, 2.05) is 54.6 Å². The molecule has 28 heavy (non-hydrogen) atoms. The average Bonchev–Trinajstić information content (AvgIpc) is 3.16. The first-order valence-electron chi connectivity index (χ1n) is 8.95. The van der Waals surface area contributed by atoms with E-state index in [1.165, 1.54) is 23.1 Å². The van der Waals surface area contributed by atoms with Gasteiger partial charge in [-0.05, 0) is 42.8 Å². The van der Waals surface area contributed by atoms with Gasteiger partial charge >= 0.3 is 5.97 Å². The Morgan fingerprint density at radius 3 is 2.57 bits per heavy atom. The van der Waals surface area contributed by atoms with Crippen LogP contribution in [0.15, 0.2) is 58.9 Å². The van der Waals surface area contributed by atoms with Crippen LogP contribution < -0.4 is 10.1 Å². The average molecular weight is 416 g/mol. The lowest BCUT2D eigenvalue weighted by Gasteiger charge is -2.06. The van der Waals surface area contributed by atoms with Crippen molar-refractivity contribution in [3.05, 3.63) is 54.6 Å². The van der Waals surface area contributed by atoms with Gasteiger partial charge < -0.3 is 14.8 Å². The van der Waals surface area contributed by atoms with Crippen LogP contribution in [0.1, 0.15) is 19.8 Å². The maximum atomic E-state index is 11.6. The molecule has 3 aromatic rings. The van der Waals surface area contributed by atoms with Crippen molar-refractivity contribution in [3.8, 4) is 11.5 Å². The number of thioether (sulfide) groups is 1. The van der Waals surface area contributed by atoms with E-state index in [4.69, 9.17) is 9.47 Å². The van der Waals surface area contributed by atoms with Gasteiger partial charge in [-0.3, -0.25) is 4.79 Å². The number of esters is 1. The van der Waals surface area contributed by atoms with Gasteiger partial charge in [0.05, 0.1) is 12.4 Å². The smallest absolute Gasteiger partial charge is 0.316 e. The Morgan fingerprint density at radius 1 is 1.07 bits per heavy atom. The van der Waals surface area contributed by atoms with Gasteiger partial charge in [0.2, 0.25) is 5.13 Å². The van der Waals surface area contributed by atoms with E-state index >= 15 is 0 Å². The van der Waals surface area contributed by atoms with Crippen molar-refractivity contribution in [1.82, 2.24) is 10.2 Å². The summed E-state index contributed by atoms with van der Waals surface area (Å²) in [6.45, 7) is 2.53. The molecule has 0 atom stereocenters. The second-order valence-electron chi connectivity index (χ2n) is 5.80. The lowest BCUT2D eigenvalue weighted by atomic mass is 10.3. The fraction of sp³-hybridized carbons (Fsp3) is 0.250. The van der Waals surface area contributed by atoms with E-state index in [9.17, 15) is 4.79 Å². The molecule has 146 valence electrons. The number of unbranched alkanes of at least 4 members (excludes halogenated alkanes) is 1. The van der Waals surface area contributed by atoms with Gasteiger partial charge in [0.25, 0.3) is 0 Å². The number of anilines is 2. The number of carbonyl (C=O) groups is 1. The first-order valence-corrected chi connectivity index (χ1v) is 10.7. The number of nitrogens with one attached hydrogen (secondary N) is 1. The molecule has 1 N–H and O–H groups in total. The Morgan fingerprint density at radius 2 is 1.82 bits per heavy atom. The molecular weight excluding hydrogens is 394 g/mol. The molecule has 6 nitrogen and oxygen atoms in total. The minimum Gasteiger partial charge on any atom is -0.465 e. The van der Waals surface area contributed by atoms with Crippen LogP contribution in [0.3, 0.4) is 0 Å². The van der Waals surface area contributed by atoms with Crippen LogP contribution in [-0.4, -0.2) is 28.5 Å². The van der Waals surface area contributed by atoms with Gasteiger partial charge in [-0.2, -0.15) is 0 Å². The van der Waals surface area contributed by atoms with Crippen molar-refractivity contribution in [3.63, 3.8) is 0 Å². The molecule has 8 heteroatoms. The van der Waals surface area contributed by atoms with Gasteiger partial charge in [0, 0.05) is 5.69 Å². The molecule has 1 aromatic heterocycles. The summed E-state index contributed by atoms with van der Waals surface area (Å²) < 4.78 is 11.6. The molecule has 0 radical (unpaired) electrons. The van der Waals surface area contributed by atoms with E-state index in [-0.39, 0.29) is 11.7 Å². The van der Waals surface area contributed by atoms with Crippen molar-refractivity contribution in [2.75, 3.05) is 17.7 Å². The Kier molecular flexibility index (Phi) is 7.69. The second-order valence-corrected chi connectivity index (χ2v) is 8.00. The van der Waals surface area contributed by atoms with Crippen molar-refractivity contribution in [2.24, 2.45) is 0 Å². The normalized spacial score (nSPS) is 10.5. The summed E-state index contributed by atoms with van der Waals surface area (Å²) in [4.78, 5) is 11.6. The fourth-order valence-electron chi connectivity index (χ4n) is 2.17. The van der Waals surface area contributed by atoms with Crippen LogP contribution in [0.4, 0.5) is 10.8 Å². The molecule has 0 aliphatic rings. The number of carbonyl (C=O) groups excluding carboxylic acids is 1. The van der Waals surface area contributed by atoms with Crippen LogP contribution in [0.2, 0.25) is 0 Å². The number of rotatable bonds is 10. The highest BCUT2D eigenvalue weighted by molar-refractivity contribution is 8.01. The lowest BCUT2D eigenvalue weighted by Crippen LogP contribution is -2.08. The maximum Gasteiger partial charge on any atom is 0.316 e. The van der Waals surface area contributed by atoms with Gasteiger partial charge in [0.1, 0.15) is 11.5 Å². The molecule has 0 saturated heterocycles. The van der Waals surface area contributed by atoms with E-state index in [0.717, 1.165) is 34.4 Å². The lowest BCUT2D eigenvalue weighted by molar-refractivity contribution is -0.140. The quantitative estimate of drug-likeness (QED) is 0.266. The van der Waals surface area contributed by atoms with E-state index in [0.29, 0.717) is 11.7 Å². The van der Waals surface area contributed by atoms with Crippen molar-refractivity contribution in [2.45, 2.75) is 24.1 Å². The van der Waals surface area contributed by atoms with Gasteiger partial charge in [-0.15, -0.1) is 10.2 Å². The van der Waals surface area contributed by atoms with Gasteiger partial charge in [-0.25, -0.2) is 0 Å². The van der Waals surface area contributed by atoms with Crippen molar-refractivity contribution in [1.29, 1.82) is 0 Å². The third-order valence-corrected chi connectivity index (χ3v) is 5.51. The van der Waals surface area contributed by atoms with E-state index < -0.39 is 0 Å². The van der Waals surface area contributed by atoms with Crippen LogP contribution in [-0.2, 0) is 9.53 Å². The number of benzene rings is 2. The minimum atomic E-state index is -0.225. The first-order chi connectivity index (χ1) is 13.7. The highest BCUT2D eigenvalue weighted by Gasteiger charge is 2.09. The number of aromatic nitrogens is 2. The van der Waals surface area contributed by atoms with Crippen LogP contribution in [0.5, 0.6) is 11.5 Å². The zero-order valence-electron chi connectivity index (χ0n) is 15.5. The van der Waals surface area contributed by atoms with Gasteiger partial charge in [-0.1, -0.05) is 54.6 Å². The zero-order valence-corrected chi connectivity index (χ0v) is 17.1. The molecule has 0 fully saturated rings. The van der Waals surface area contributed by atoms with Crippen molar-refractivity contribution < 1.29 is 14.3 Å². The summed E-state index contributed by atoms with van der Waals surface area (Å²) in [6.07, 6.45) is 1.89. The van der Waals surface area contributed by atoms with Gasteiger partial charge in [0.15, 0.2) is 4.34 Å². The number of nitrogens with zero attached hydrogens (tertiary/aromatic N) is 2. The Bertz CT molecular complexity index is 870. The summed E-state index contributed by atoms with van der Waals surface area (Å²) in [5.74, 6) is 1.57. The van der Waals surface area contributed by atoms with Crippen LogP contribution in [0, 0.1) is 0 Å². The largest absolute Gasteiger partial charge is 0.465 e. The summed E-state index contributed by atoms with van der Waals surface area (Å²) in [5, 5.41) is 12.1. The zero-order chi connectivity index (χ0) is 19.6. The third kappa shape index (κ3) is 6.54. The summed E-state index contributed by atoms with van der Waals surface area (Å²) in [5.41, 5.74) is 0.882. The maximum absolute atomic E-state index is 11.6. The molecular formula is C20H21N3O3S2. The molecule has 3 rings (SSSR count). The second kappa shape index (κ2) is 10.7. The molecule has 0 spiro atoms. The monoisotopic (exact) mass is 415 g/mol. The number of ether oxygens (including phenoxy) is 2. The number of para-hydroxylation sites is 1. The highest BCUT2D eigenvalue weighted by Crippen LogP contribution is 2.29. The van der Waals surface area contributed by atoms with Crippen LogP contribution >= 0.6 is 23.1 Å². The predicted octanol–water partition coefficient (Wildman–Crippen LogP) is 5.51. The summed E-state index contributed by atoms with van der Waals surface area (Å²) in [6, 6.07) is 17.2. The van der Waals surface area contributed by atoms with Crippen LogP contribution in [0.25, 0.3) is 0 Å². The molecule has 0 aliphatic carbocycles.